The van der Waals surface area contributed by atoms with Gasteiger partial charge in [-0.3, -0.25) is 4.99 Å². The first-order valence-corrected chi connectivity index (χ1v) is 10.6. The van der Waals surface area contributed by atoms with Crippen molar-refractivity contribution >= 4 is 17.3 Å². The third kappa shape index (κ3) is 6.59. The van der Waals surface area contributed by atoms with Crippen molar-refractivity contribution in [2.24, 2.45) is 4.99 Å². The predicted octanol–water partition coefficient (Wildman–Crippen LogP) is 2.99. The fraction of sp³-hybridized carbons (Fsp3) is 0.789. The highest BCUT2D eigenvalue weighted by atomic mass is 32.1. The lowest BCUT2D eigenvalue weighted by Gasteiger charge is -2.33. The molecule has 0 radical (unpaired) electrons. The fourth-order valence-electron chi connectivity index (χ4n) is 3.41. The van der Waals surface area contributed by atoms with Crippen LogP contribution in [0, 0.1) is 6.92 Å². The van der Waals surface area contributed by atoms with Crippen molar-refractivity contribution in [2.75, 3.05) is 33.2 Å². The van der Waals surface area contributed by atoms with E-state index in [2.05, 4.69) is 41.3 Å². The number of aliphatic imine (C=N–C) groups is 1. The summed E-state index contributed by atoms with van der Waals surface area (Å²) in [5, 5.41) is 8.06. The average molecular weight is 366 g/mol. The van der Waals surface area contributed by atoms with Gasteiger partial charge in [0.1, 0.15) is 0 Å². The molecule has 1 aromatic rings. The lowest BCUT2D eigenvalue weighted by Crippen LogP contribution is -2.41. The molecule has 1 aliphatic rings. The summed E-state index contributed by atoms with van der Waals surface area (Å²) in [4.78, 5) is 13.0. The lowest BCUT2D eigenvalue weighted by molar-refractivity contribution is 0.159. The molecule has 25 heavy (non-hydrogen) atoms. The maximum Gasteiger partial charge on any atom is 0.190 e. The molecule has 0 aliphatic carbocycles. The quantitative estimate of drug-likeness (QED) is 0.422. The average Bonchev–Trinajstić information content (AvgIpc) is 2.98. The zero-order valence-corrected chi connectivity index (χ0v) is 17.2. The van der Waals surface area contributed by atoms with Crippen molar-refractivity contribution in [3.63, 3.8) is 0 Å². The Morgan fingerprint density at radius 3 is 2.80 bits per heavy atom. The van der Waals surface area contributed by atoms with Crippen LogP contribution in [0.3, 0.4) is 0 Å². The predicted molar refractivity (Wildman–Crippen MR) is 109 cm³/mol. The molecule has 0 amide bonds. The van der Waals surface area contributed by atoms with Crippen molar-refractivity contribution in [3.05, 3.63) is 15.6 Å². The standard InChI is InChI=1S/C19H35N5S/c1-5-17-16(3)25-18(23-17)10-12-22-19(20-4)21-11-8-14-24-13-7-6-9-15(24)2/h15H,5-14H2,1-4H3,(H2,20,21,22). The molecule has 1 unspecified atom stereocenters. The van der Waals surface area contributed by atoms with E-state index in [0.29, 0.717) is 0 Å². The summed E-state index contributed by atoms with van der Waals surface area (Å²) in [6.07, 6.45) is 7.25. The van der Waals surface area contributed by atoms with Gasteiger partial charge in [-0.25, -0.2) is 4.98 Å². The second kappa shape index (κ2) is 10.8. The summed E-state index contributed by atoms with van der Waals surface area (Å²) in [7, 11) is 1.84. The summed E-state index contributed by atoms with van der Waals surface area (Å²) in [6.45, 7) is 11.0. The first kappa shape index (κ1) is 20.2. The van der Waals surface area contributed by atoms with Crippen molar-refractivity contribution in [1.29, 1.82) is 0 Å². The van der Waals surface area contributed by atoms with E-state index in [0.717, 1.165) is 44.4 Å². The Morgan fingerprint density at radius 1 is 1.32 bits per heavy atom. The number of hydrogen-bond acceptors (Lipinski definition) is 4. The van der Waals surface area contributed by atoms with E-state index in [1.165, 1.54) is 47.9 Å². The maximum absolute atomic E-state index is 4.70. The second-order valence-electron chi connectivity index (χ2n) is 6.87. The van der Waals surface area contributed by atoms with Gasteiger partial charge < -0.3 is 15.5 Å². The molecule has 0 saturated carbocycles. The van der Waals surface area contributed by atoms with Gasteiger partial charge in [0, 0.05) is 44.0 Å². The molecule has 0 aromatic carbocycles. The molecular formula is C19H35N5S. The molecule has 1 aromatic heterocycles. The van der Waals surface area contributed by atoms with Crippen LogP contribution in [0.2, 0.25) is 0 Å². The second-order valence-corrected chi connectivity index (χ2v) is 8.16. The molecule has 0 bridgehead atoms. The number of rotatable bonds is 8. The number of likely N-dealkylation sites (tertiary alicyclic amines) is 1. The molecule has 1 saturated heterocycles. The number of aryl methyl sites for hydroxylation is 2. The van der Waals surface area contributed by atoms with Crippen molar-refractivity contribution < 1.29 is 0 Å². The highest BCUT2D eigenvalue weighted by Gasteiger charge is 2.17. The minimum atomic E-state index is 0.751. The first-order chi connectivity index (χ1) is 12.1. The van der Waals surface area contributed by atoms with E-state index >= 15 is 0 Å². The van der Waals surface area contributed by atoms with Crippen LogP contribution in [-0.2, 0) is 12.8 Å². The Bertz CT molecular complexity index is 540. The smallest absolute Gasteiger partial charge is 0.190 e. The Labute approximate surface area is 157 Å². The van der Waals surface area contributed by atoms with E-state index in [1.807, 2.05) is 18.4 Å². The number of nitrogens with one attached hydrogen (secondary N) is 2. The summed E-state index contributed by atoms with van der Waals surface area (Å²) >= 11 is 1.82. The normalized spacial score (nSPS) is 19.2. The molecule has 142 valence electrons. The highest BCUT2D eigenvalue weighted by Crippen LogP contribution is 2.18. The monoisotopic (exact) mass is 365 g/mol. The molecule has 2 heterocycles. The van der Waals surface area contributed by atoms with Crippen molar-refractivity contribution in [1.82, 2.24) is 20.5 Å². The summed E-state index contributed by atoms with van der Waals surface area (Å²) < 4.78 is 0. The zero-order chi connectivity index (χ0) is 18.1. The van der Waals surface area contributed by atoms with Crippen LogP contribution in [0.1, 0.15) is 55.1 Å². The SMILES string of the molecule is CCc1nc(CCNC(=NC)NCCCN2CCCCC2C)sc1C. The van der Waals surface area contributed by atoms with Crippen LogP contribution < -0.4 is 10.6 Å². The van der Waals surface area contributed by atoms with Gasteiger partial charge in [0.2, 0.25) is 0 Å². The summed E-state index contributed by atoms with van der Waals surface area (Å²) in [6, 6.07) is 0.751. The summed E-state index contributed by atoms with van der Waals surface area (Å²) in [5.74, 6) is 0.899. The first-order valence-electron chi connectivity index (χ1n) is 9.77. The molecule has 0 spiro atoms. The van der Waals surface area contributed by atoms with E-state index in [4.69, 9.17) is 4.98 Å². The van der Waals surface area contributed by atoms with Crippen LogP contribution in [0.5, 0.6) is 0 Å². The summed E-state index contributed by atoms with van der Waals surface area (Å²) in [5.41, 5.74) is 1.24. The highest BCUT2D eigenvalue weighted by molar-refractivity contribution is 7.11. The van der Waals surface area contributed by atoms with Crippen LogP contribution in [0.25, 0.3) is 0 Å². The van der Waals surface area contributed by atoms with Crippen LogP contribution in [-0.4, -0.2) is 55.1 Å². The minimum absolute atomic E-state index is 0.751. The molecular weight excluding hydrogens is 330 g/mol. The molecule has 2 N–H and O–H groups in total. The van der Waals surface area contributed by atoms with Crippen molar-refractivity contribution in [2.45, 2.75) is 65.3 Å². The lowest BCUT2D eigenvalue weighted by atomic mass is 10.0. The molecule has 1 atom stereocenters. The zero-order valence-electron chi connectivity index (χ0n) is 16.4. The van der Waals surface area contributed by atoms with E-state index in [1.54, 1.807) is 0 Å². The van der Waals surface area contributed by atoms with Crippen molar-refractivity contribution in [3.8, 4) is 0 Å². The number of guanidine groups is 1. The minimum Gasteiger partial charge on any atom is -0.356 e. The largest absolute Gasteiger partial charge is 0.356 e. The molecule has 2 rings (SSSR count). The van der Waals surface area contributed by atoms with Gasteiger partial charge in [-0.05, 0) is 46.1 Å². The van der Waals surface area contributed by atoms with Gasteiger partial charge >= 0.3 is 0 Å². The molecule has 6 heteroatoms. The number of hydrogen-bond donors (Lipinski definition) is 2. The van der Waals surface area contributed by atoms with Crippen LogP contribution >= 0.6 is 11.3 Å². The van der Waals surface area contributed by atoms with Gasteiger partial charge in [0.15, 0.2) is 5.96 Å². The number of piperidine rings is 1. The molecule has 1 aliphatic heterocycles. The Kier molecular flexibility index (Phi) is 8.68. The van der Waals surface area contributed by atoms with Crippen LogP contribution in [0.15, 0.2) is 4.99 Å². The van der Waals surface area contributed by atoms with Gasteiger partial charge in [0.05, 0.1) is 10.7 Å². The topological polar surface area (TPSA) is 52.6 Å². The number of thiazole rings is 1. The van der Waals surface area contributed by atoms with Gasteiger partial charge in [0.25, 0.3) is 0 Å². The van der Waals surface area contributed by atoms with E-state index in [-0.39, 0.29) is 0 Å². The van der Waals surface area contributed by atoms with E-state index < -0.39 is 0 Å². The van der Waals surface area contributed by atoms with Gasteiger partial charge in [-0.2, -0.15) is 0 Å². The molecule has 5 nitrogen and oxygen atoms in total. The van der Waals surface area contributed by atoms with Gasteiger partial charge in [-0.15, -0.1) is 11.3 Å². The van der Waals surface area contributed by atoms with Gasteiger partial charge in [-0.1, -0.05) is 13.3 Å². The Hall–Kier alpha value is -1.14. The Balaban J connectivity index is 1.61. The molecule has 1 fully saturated rings. The number of nitrogens with zero attached hydrogens (tertiary/aromatic N) is 3. The van der Waals surface area contributed by atoms with E-state index in [9.17, 15) is 0 Å². The van der Waals surface area contributed by atoms with Crippen LogP contribution in [0.4, 0.5) is 0 Å². The third-order valence-corrected chi connectivity index (χ3v) is 6.05. The number of aromatic nitrogens is 1. The fourth-order valence-corrected chi connectivity index (χ4v) is 4.43. The third-order valence-electron chi connectivity index (χ3n) is 4.98. The maximum atomic E-state index is 4.70. The Morgan fingerprint density at radius 2 is 2.12 bits per heavy atom.